The second-order valence-corrected chi connectivity index (χ2v) is 5.74. The van der Waals surface area contributed by atoms with Crippen LogP contribution in [0.2, 0.25) is 0 Å². The van der Waals surface area contributed by atoms with Crippen LogP contribution in [0.25, 0.3) is 0 Å². The molecular weight excluding hydrogens is 358 g/mol. The van der Waals surface area contributed by atoms with E-state index in [9.17, 15) is 24.3 Å². The number of hydrogen-bond acceptors (Lipinski definition) is 7. The molecule has 1 rings (SSSR count). The third-order valence-electron chi connectivity index (χ3n) is 3.89. The van der Waals surface area contributed by atoms with E-state index >= 15 is 0 Å². The van der Waals surface area contributed by atoms with E-state index in [-0.39, 0.29) is 13.2 Å². The van der Waals surface area contributed by atoms with Gasteiger partial charge in [-0.3, -0.25) is 14.4 Å². The third kappa shape index (κ3) is 6.70. The first kappa shape index (κ1) is 22.1. The maximum atomic E-state index is 12.0. The lowest BCUT2D eigenvalue weighted by Crippen LogP contribution is -2.51. The zero-order valence-electron chi connectivity index (χ0n) is 15.3. The van der Waals surface area contributed by atoms with Crippen molar-refractivity contribution in [3.05, 3.63) is 35.9 Å². The summed E-state index contributed by atoms with van der Waals surface area (Å²) in [6.07, 6.45) is 0. The number of benzene rings is 1. The Morgan fingerprint density at radius 2 is 1.59 bits per heavy atom. The highest BCUT2D eigenvalue weighted by atomic mass is 16.5. The minimum absolute atomic E-state index is 0.175. The number of amides is 1. The van der Waals surface area contributed by atoms with Crippen LogP contribution in [-0.2, 0) is 40.0 Å². The van der Waals surface area contributed by atoms with Gasteiger partial charge < -0.3 is 24.6 Å². The number of carboxylic acid groups (broad SMARTS) is 1. The molecule has 27 heavy (non-hydrogen) atoms. The van der Waals surface area contributed by atoms with Gasteiger partial charge in [-0.1, -0.05) is 37.3 Å². The van der Waals surface area contributed by atoms with E-state index in [1.54, 1.807) is 0 Å². The molecule has 1 aromatic rings. The van der Waals surface area contributed by atoms with Gasteiger partial charge in [-0.15, -0.1) is 0 Å². The van der Waals surface area contributed by atoms with Gasteiger partial charge in [0, 0.05) is 5.92 Å². The van der Waals surface area contributed by atoms with E-state index in [0.29, 0.717) is 0 Å². The molecule has 0 aliphatic heterocycles. The second-order valence-electron chi connectivity index (χ2n) is 5.74. The number of hydrogen-bond donors (Lipinski definition) is 2. The molecule has 9 nitrogen and oxygen atoms in total. The Hall–Kier alpha value is -2.94. The van der Waals surface area contributed by atoms with Crippen molar-refractivity contribution < 1.29 is 38.5 Å². The number of esters is 2. The largest absolute Gasteiger partial charge is 0.480 e. The van der Waals surface area contributed by atoms with Crippen LogP contribution in [0.5, 0.6) is 0 Å². The lowest BCUT2D eigenvalue weighted by molar-refractivity contribution is -0.163. The highest BCUT2D eigenvalue weighted by Gasteiger charge is 2.41. The van der Waals surface area contributed by atoms with Crippen molar-refractivity contribution in [1.29, 1.82) is 0 Å². The number of carbonyl (C=O) groups excluding carboxylic acids is 3. The highest BCUT2D eigenvalue weighted by Crippen LogP contribution is 2.20. The fourth-order valence-corrected chi connectivity index (χ4v) is 2.44. The Labute approximate surface area is 156 Å². The summed E-state index contributed by atoms with van der Waals surface area (Å²) in [4.78, 5) is 47.2. The van der Waals surface area contributed by atoms with Crippen LogP contribution in [0, 0.1) is 11.8 Å². The average Bonchev–Trinajstić information content (AvgIpc) is 2.66. The molecule has 2 N–H and O–H groups in total. The molecule has 0 heterocycles. The van der Waals surface area contributed by atoms with Crippen molar-refractivity contribution >= 4 is 23.8 Å². The molecule has 0 radical (unpaired) electrons. The smallest absolute Gasteiger partial charge is 0.326 e. The van der Waals surface area contributed by atoms with E-state index in [1.807, 2.05) is 30.3 Å². The van der Waals surface area contributed by atoms with Gasteiger partial charge in [-0.05, 0) is 5.56 Å². The van der Waals surface area contributed by atoms with Crippen molar-refractivity contribution in [2.24, 2.45) is 11.8 Å². The normalized spacial score (nSPS) is 12.7. The van der Waals surface area contributed by atoms with Crippen molar-refractivity contribution in [2.45, 2.75) is 19.6 Å². The SMILES string of the molecule is COC(=O)C(C(=O)OC)[C@@H](C)[C@H](NC(=O)COCc1ccccc1)C(=O)O. The lowest BCUT2D eigenvalue weighted by atomic mass is 9.87. The first-order chi connectivity index (χ1) is 12.8. The van der Waals surface area contributed by atoms with Gasteiger partial charge in [0.15, 0.2) is 5.92 Å². The predicted molar refractivity (Wildman–Crippen MR) is 92.4 cm³/mol. The summed E-state index contributed by atoms with van der Waals surface area (Å²) in [6.45, 7) is 1.13. The van der Waals surface area contributed by atoms with Gasteiger partial charge in [0.05, 0.1) is 20.8 Å². The first-order valence-electron chi connectivity index (χ1n) is 8.11. The van der Waals surface area contributed by atoms with E-state index in [4.69, 9.17) is 4.74 Å². The molecule has 9 heteroatoms. The van der Waals surface area contributed by atoms with E-state index in [1.165, 1.54) is 6.92 Å². The molecule has 2 atom stereocenters. The molecule has 0 bridgehead atoms. The first-order valence-corrected chi connectivity index (χ1v) is 8.11. The standard InChI is InChI=1S/C18H23NO8/c1-11(14(17(23)25-2)18(24)26-3)15(16(21)22)19-13(20)10-27-9-12-7-5-4-6-8-12/h4-8,11,14-15H,9-10H2,1-3H3,(H,19,20)(H,21,22)/t11-,15+/m1/s1. The van der Waals surface area contributed by atoms with Crippen LogP contribution < -0.4 is 5.32 Å². The third-order valence-corrected chi connectivity index (χ3v) is 3.89. The molecule has 1 amide bonds. The molecule has 0 fully saturated rings. The van der Waals surface area contributed by atoms with Crippen molar-refractivity contribution in [2.75, 3.05) is 20.8 Å². The number of ether oxygens (including phenoxy) is 3. The number of carboxylic acids is 1. The summed E-state index contributed by atoms with van der Waals surface area (Å²) in [5, 5.41) is 11.7. The van der Waals surface area contributed by atoms with Crippen LogP contribution in [0.4, 0.5) is 0 Å². The minimum atomic E-state index is -1.51. The molecule has 0 saturated heterocycles. The molecule has 0 unspecified atom stereocenters. The summed E-state index contributed by atoms with van der Waals surface area (Å²) in [7, 11) is 2.13. The summed E-state index contributed by atoms with van der Waals surface area (Å²) >= 11 is 0. The van der Waals surface area contributed by atoms with E-state index in [0.717, 1.165) is 19.8 Å². The second kappa shape index (κ2) is 10.9. The summed E-state index contributed by atoms with van der Waals surface area (Å²) in [5.74, 6) is -6.60. The number of nitrogens with one attached hydrogen (secondary N) is 1. The van der Waals surface area contributed by atoms with Gasteiger partial charge in [0.1, 0.15) is 12.6 Å². The van der Waals surface area contributed by atoms with E-state index < -0.39 is 41.7 Å². The predicted octanol–water partition coefficient (Wildman–Crippen LogP) is 0.371. The van der Waals surface area contributed by atoms with Crippen LogP contribution >= 0.6 is 0 Å². The molecular formula is C18H23NO8. The Balaban J connectivity index is 2.72. The maximum absolute atomic E-state index is 12.0. The maximum Gasteiger partial charge on any atom is 0.326 e. The van der Waals surface area contributed by atoms with Crippen molar-refractivity contribution in [3.63, 3.8) is 0 Å². The van der Waals surface area contributed by atoms with Gasteiger partial charge in [0.2, 0.25) is 5.91 Å². The fourth-order valence-electron chi connectivity index (χ4n) is 2.44. The Kier molecular flexibility index (Phi) is 8.94. The summed E-state index contributed by atoms with van der Waals surface area (Å²) in [5.41, 5.74) is 0.852. The van der Waals surface area contributed by atoms with Gasteiger partial charge in [0.25, 0.3) is 0 Å². The molecule has 0 aromatic heterocycles. The Morgan fingerprint density at radius 1 is 1.04 bits per heavy atom. The lowest BCUT2D eigenvalue weighted by Gasteiger charge is -2.25. The molecule has 0 aliphatic rings. The number of methoxy groups -OCH3 is 2. The monoisotopic (exact) mass is 381 g/mol. The summed E-state index contributed by atoms with van der Waals surface area (Å²) < 4.78 is 14.3. The van der Waals surface area contributed by atoms with Crippen LogP contribution in [0.1, 0.15) is 12.5 Å². The van der Waals surface area contributed by atoms with Gasteiger partial charge in [-0.25, -0.2) is 4.79 Å². The van der Waals surface area contributed by atoms with E-state index in [2.05, 4.69) is 14.8 Å². The Morgan fingerprint density at radius 3 is 2.07 bits per heavy atom. The minimum Gasteiger partial charge on any atom is -0.480 e. The topological polar surface area (TPSA) is 128 Å². The Bertz CT molecular complexity index is 645. The number of rotatable bonds is 10. The molecule has 148 valence electrons. The molecule has 0 aliphatic carbocycles. The molecule has 0 saturated carbocycles. The average molecular weight is 381 g/mol. The molecule has 0 spiro atoms. The zero-order chi connectivity index (χ0) is 20.4. The summed E-state index contributed by atoms with van der Waals surface area (Å²) in [6, 6.07) is 7.60. The number of carbonyl (C=O) groups is 4. The fraction of sp³-hybridized carbons (Fsp3) is 0.444. The van der Waals surface area contributed by atoms with Crippen LogP contribution in [0.3, 0.4) is 0 Å². The molecule has 1 aromatic carbocycles. The zero-order valence-corrected chi connectivity index (χ0v) is 15.3. The van der Waals surface area contributed by atoms with Crippen LogP contribution in [-0.4, -0.2) is 55.8 Å². The van der Waals surface area contributed by atoms with Crippen LogP contribution in [0.15, 0.2) is 30.3 Å². The van der Waals surface area contributed by atoms with Crippen molar-refractivity contribution in [1.82, 2.24) is 5.32 Å². The number of aliphatic carboxylic acids is 1. The van der Waals surface area contributed by atoms with Crippen molar-refractivity contribution in [3.8, 4) is 0 Å². The van der Waals surface area contributed by atoms with Gasteiger partial charge in [-0.2, -0.15) is 0 Å². The quantitative estimate of drug-likeness (QED) is 0.439. The highest BCUT2D eigenvalue weighted by molar-refractivity contribution is 5.96. The van der Waals surface area contributed by atoms with Gasteiger partial charge >= 0.3 is 17.9 Å².